The van der Waals surface area contributed by atoms with Crippen LogP contribution in [0.3, 0.4) is 0 Å². The molecular weight excluding hydrogens is 496 g/mol. The van der Waals surface area contributed by atoms with Crippen molar-refractivity contribution in [2.75, 3.05) is 31.5 Å². The summed E-state index contributed by atoms with van der Waals surface area (Å²) in [5.41, 5.74) is 5.60. The average molecular weight is 531 g/mol. The second-order valence-corrected chi connectivity index (χ2v) is 11.2. The number of amides is 1. The van der Waals surface area contributed by atoms with Gasteiger partial charge in [0.05, 0.1) is 16.7 Å². The molecule has 3 N–H and O–H groups in total. The Bertz CT molecular complexity index is 1480. The number of fused-ring (bicyclic) bond motifs is 2. The predicted molar refractivity (Wildman–Crippen MR) is 153 cm³/mol. The number of benzene rings is 1. The molecule has 5 heterocycles. The summed E-state index contributed by atoms with van der Waals surface area (Å²) >= 11 is 1.69. The van der Waals surface area contributed by atoms with Gasteiger partial charge in [-0.3, -0.25) is 9.59 Å². The number of hydrogen-bond donors (Lipinski definition) is 3. The van der Waals surface area contributed by atoms with Gasteiger partial charge < -0.3 is 25.1 Å². The van der Waals surface area contributed by atoms with Crippen molar-refractivity contribution in [1.29, 1.82) is 0 Å². The molecule has 1 aromatic carbocycles. The summed E-state index contributed by atoms with van der Waals surface area (Å²) in [7, 11) is 0. The fourth-order valence-corrected chi connectivity index (χ4v) is 6.40. The van der Waals surface area contributed by atoms with Crippen LogP contribution < -0.4 is 10.9 Å². The fourth-order valence-electron chi connectivity index (χ4n) is 5.71. The molecule has 1 atom stereocenters. The fraction of sp³-hybridized carbons (Fsp3) is 0.414. The zero-order valence-corrected chi connectivity index (χ0v) is 22.6. The number of aromatic amines is 2. The van der Waals surface area contributed by atoms with E-state index in [2.05, 4.69) is 43.9 Å². The van der Waals surface area contributed by atoms with E-state index in [0.29, 0.717) is 23.4 Å². The van der Waals surface area contributed by atoms with Crippen molar-refractivity contribution >= 4 is 34.0 Å². The number of thiophene rings is 1. The third-order valence-corrected chi connectivity index (χ3v) is 8.53. The van der Waals surface area contributed by atoms with E-state index < -0.39 is 0 Å². The first-order valence-electron chi connectivity index (χ1n) is 13.6. The van der Waals surface area contributed by atoms with Crippen LogP contribution in [0.15, 0.2) is 46.0 Å². The SMILES string of the molecule is CCC(Cc1ccsc1)Nc1cc[nH]c(=O)c1-c1nc2cc3c(cc2[nH]1)CN(CCCN1CCCC1)C3=O. The first kappa shape index (κ1) is 24.9. The summed E-state index contributed by atoms with van der Waals surface area (Å²) in [6.07, 6.45) is 7.05. The van der Waals surface area contributed by atoms with Crippen LogP contribution in [0.25, 0.3) is 22.4 Å². The lowest BCUT2D eigenvalue weighted by Crippen LogP contribution is -2.29. The zero-order valence-electron chi connectivity index (χ0n) is 21.8. The smallest absolute Gasteiger partial charge is 0.261 e. The van der Waals surface area contributed by atoms with Crippen LogP contribution in [0.5, 0.6) is 0 Å². The minimum Gasteiger partial charge on any atom is -0.381 e. The lowest BCUT2D eigenvalue weighted by atomic mass is 10.1. The van der Waals surface area contributed by atoms with Crippen molar-refractivity contribution in [3.63, 3.8) is 0 Å². The Morgan fingerprint density at radius 2 is 2.03 bits per heavy atom. The highest BCUT2D eigenvalue weighted by Crippen LogP contribution is 2.30. The summed E-state index contributed by atoms with van der Waals surface area (Å²) in [4.78, 5) is 41.5. The third kappa shape index (κ3) is 5.00. The van der Waals surface area contributed by atoms with E-state index in [1.165, 1.54) is 31.5 Å². The molecular formula is C29H34N6O2S. The van der Waals surface area contributed by atoms with Crippen LogP contribution in [0.1, 0.15) is 54.1 Å². The van der Waals surface area contributed by atoms with E-state index in [9.17, 15) is 9.59 Å². The number of anilines is 1. The predicted octanol–water partition coefficient (Wildman–Crippen LogP) is 4.85. The van der Waals surface area contributed by atoms with E-state index in [-0.39, 0.29) is 17.5 Å². The van der Waals surface area contributed by atoms with Crippen LogP contribution in [-0.4, -0.2) is 62.9 Å². The molecule has 0 bridgehead atoms. The Labute approximate surface area is 226 Å². The van der Waals surface area contributed by atoms with Gasteiger partial charge >= 0.3 is 0 Å². The Kier molecular flexibility index (Phi) is 7.04. The molecule has 1 fully saturated rings. The number of likely N-dealkylation sites (tertiary alicyclic amines) is 1. The van der Waals surface area contributed by atoms with Gasteiger partial charge in [-0.15, -0.1) is 0 Å². The zero-order chi connectivity index (χ0) is 26.1. The molecule has 6 rings (SSSR count). The first-order chi connectivity index (χ1) is 18.6. The van der Waals surface area contributed by atoms with Gasteiger partial charge in [-0.25, -0.2) is 4.98 Å². The maximum atomic E-state index is 13.1. The van der Waals surface area contributed by atoms with Gasteiger partial charge in [-0.2, -0.15) is 11.3 Å². The maximum Gasteiger partial charge on any atom is 0.261 e. The Morgan fingerprint density at radius 1 is 1.16 bits per heavy atom. The molecule has 1 saturated heterocycles. The minimum absolute atomic E-state index is 0.0759. The van der Waals surface area contributed by atoms with Gasteiger partial charge in [0.25, 0.3) is 11.5 Å². The number of H-pyrrole nitrogens is 2. The van der Waals surface area contributed by atoms with E-state index in [0.717, 1.165) is 54.7 Å². The van der Waals surface area contributed by atoms with E-state index in [1.807, 2.05) is 23.1 Å². The lowest BCUT2D eigenvalue weighted by molar-refractivity contribution is 0.0772. The normalized spacial score (nSPS) is 16.4. The van der Waals surface area contributed by atoms with Gasteiger partial charge in [-0.05, 0) is 97.9 Å². The van der Waals surface area contributed by atoms with Crippen molar-refractivity contribution in [1.82, 2.24) is 24.8 Å². The number of hydrogen-bond acceptors (Lipinski definition) is 6. The van der Waals surface area contributed by atoms with Crippen molar-refractivity contribution in [2.24, 2.45) is 0 Å². The molecule has 1 amide bonds. The number of carbonyl (C=O) groups excluding carboxylic acids is 1. The maximum absolute atomic E-state index is 13.1. The molecule has 0 saturated carbocycles. The Balaban J connectivity index is 1.22. The molecule has 0 radical (unpaired) electrons. The standard InChI is InChI=1S/C29H34N6O2S/c1-2-21(14-19-7-13-38-18-19)31-23-6-8-30-28(36)26(23)27-32-24-15-20-17-35(12-5-11-34-9-3-4-10-34)29(37)22(20)16-25(24)33-27/h6-8,13,15-16,18,21H,2-5,9-12,14,17H2,1H3,(H,32,33)(H2,30,31,36). The largest absolute Gasteiger partial charge is 0.381 e. The van der Waals surface area contributed by atoms with E-state index >= 15 is 0 Å². The molecule has 2 aliphatic heterocycles. The van der Waals surface area contributed by atoms with Gasteiger partial charge in [-0.1, -0.05) is 6.92 Å². The molecule has 2 aliphatic rings. The summed E-state index contributed by atoms with van der Waals surface area (Å²) < 4.78 is 0. The third-order valence-electron chi connectivity index (χ3n) is 7.80. The molecule has 38 heavy (non-hydrogen) atoms. The number of carbonyl (C=O) groups is 1. The van der Waals surface area contributed by atoms with Crippen LogP contribution in [0, 0.1) is 0 Å². The van der Waals surface area contributed by atoms with Gasteiger partial charge in [0.2, 0.25) is 0 Å². The van der Waals surface area contributed by atoms with E-state index in [4.69, 9.17) is 4.98 Å². The monoisotopic (exact) mass is 530 g/mol. The number of rotatable bonds is 10. The van der Waals surface area contributed by atoms with Crippen LogP contribution >= 0.6 is 11.3 Å². The topological polar surface area (TPSA) is 97.1 Å². The van der Waals surface area contributed by atoms with Crippen molar-refractivity contribution in [2.45, 2.75) is 51.6 Å². The number of aromatic nitrogens is 3. The highest BCUT2D eigenvalue weighted by atomic mass is 32.1. The van der Waals surface area contributed by atoms with Crippen molar-refractivity contribution < 1.29 is 4.79 Å². The lowest BCUT2D eigenvalue weighted by Gasteiger charge is -2.19. The molecule has 3 aromatic heterocycles. The van der Waals surface area contributed by atoms with Crippen molar-refractivity contribution in [3.8, 4) is 11.4 Å². The molecule has 9 heteroatoms. The highest BCUT2D eigenvalue weighted by molar-refractivity contribution is 7.07. The number of nitrogens with one attached hydrogen (secondary N) is 3. The van der Waals surface area contributed by atoms with Gasteiger partial charge in [0.1, 0.15) is 11.4 Å². The first-order valence-corrected chi connectivity index (χ1v) is 14.6. The van der Waals surface area contributed by atoms with Crippen LogP contribution in [-0.2, 0) is 13.0 Å². The number of imidazole rings is 1. The second kappa shape index (κ2) is 10.7. The summed E-state index contributed by atoms with van der Waals surface area (Å²) in [6.45, 7) is 6.96. The van der Waals surface area contributed by atoms with Crippen LogP contribution in [0.2, 0.25) is 0 Å². The Hall–Kier alpha value is -3.43. The average Bonchev–Trinajstić information content (AvgIpc) is 3.72. The summed E-state index contributed by atoms with van der Waals surface area (Å²) in [5, 5.41) is 7.83. The minimum atomic E-state index is -0.202. The number of pyridine rings is 1. The van der Waals surface area contributed by atoms with Crippen molar-refractivity contribution in [3.05, 3.63) is 68.3 Å². The summed E-state index contributed by atoms with van der Waals surface area (Å²) in [6, 6.07) is 8.12. The van der Waals surface area contributed by atoms with E-state index in [1.54, 1.807) is 17.5 Å². The molecule has 198 valence electrons. The van der Waals surface area contributed by atoms with Gasteiger partial charge in [0.15, 0.2) is 0 Å². The van der Waals surface area contributed by atoms with Crippen LogP contribution in [0.4, 0.5) is 5.69 Å². The highest BCUT2D eigenvalue weighted by Gasteiger charge is 2.28. The molecule has 8 nitrogen and oxygen atoms in total. The second-order valence-electron chi connectivity index (χ2n) is 10.4. The quantitative estimate of drug-likeness (QED) is 0.272. The molecule has 1 unspecified atom stereocenters. The Morgan fingerprint density at radius 3 is 2.82 bits per heavy atom. The molecule has 0 spiro atoms. The molecule has 4 aromatic rings. The number of nitrogens with zero attached hydrogens (tertiary/aromatic N) is 3. The molecule has 0 aliphatic carbocycles. The van der Waals surface area contributed by atoms with Gasteiger partial charge in [0, 0.05) is 30.9 Å². The summed E-state index contributed by atoms with van der Waals surface area (Å²) in [5.74, 6) is 0.584.